The summed E-state index contributed by atoms with van der Waals surface area (Å²) in [7, 11) is 0. The minimum Gasteiger partial charge on any atom is -0.463 e. The molecule has 6 aliphatic rings. The van der Waals surface area contributed by atoms with Crippen LogP contribution in [0.5, 0.6) is 0 Å². The van der Waals surface area contributed by atoms with Crippen molar-refractivity contribution in [1.29, 1.82) is 0 Å². The van der Waals surface area contributed by atoms with Crippen molar-refractivity contribution < 1.29 is 47.7 Å². The summed E-state index contributed by atoms with van der Waals surface area (Å²) in [5.41, 5.74) is 1.48. The van der Waals surface area contributed by atoms with E-state index in [0.717, 1.165) is 57.8 Å². The predicted molar refractivity (Wildman–Crippen MR) is 196 cm³/mol. The molecule has 0 radical (unpaired) electrons. The highest BCUT2D eigenvalue weighted by Gasteiger charge is 2.65. The third-order valence-corrected chi connectivity index (χ3v) is 15.5. The van der Waals surface area contributed by atoms with Crippen LogP contribution >= 0.6 is 0 Å². The standard InChI is InChI=1S/C43H64O10/c1-24(44)49-23-32-37(51-26(3)46)38(52-27(4)47)36(50-25(2)45)31(53-32)22-43-18-13-29-28(30(43)21-39(5,6)19-20-43)11-12-34-41(29,9)16-14-33-40(7,8)35(48)15-17-42(33,34)10/h11,29-34,36-38H,12-23H2,1-10H3/t29?,30?,31-,32?,33?,34?,36?,37+,38?,41-,42-,43-/m0/s1. The van der Waals surface area contributed by atoms with Gasteiger partial charge in [0.15, 0.2) is 18.3 Å². The number of rotatable bonds is 7. The van der Waals surface area contributed by atoms with Gasteiger partial charge in [0, 0.05) is 39.5 Å². The molecule has 0 amide bonds. The molecule has 5 aliphatic carbocycles. The lowest BCUT2D eigenvalue weighted by molar-refractivity contribution is -0.259. The fraction of sp³-hybridized carbons (Fsp3) is 0.837. The van der Waals surface area contributed by atoms with E-state index >= 15 is 0 Å². The summed E-state index contributed by atoms with van der Waals surface area (Å²) in [5.74, 6) is -0.271. The molecule has 0 N–H and O–H groups in total. The molecule has 1 aliphatic heterocycles. The summed E-state index contributed by atoms with van der Waals surface area (Å²) in [6.07, 6.45) is 8.09. The van der Waals surface area contributed by atoms with Crippen LogP contribution in [0, 0.1) is 50.7 Å². The van der Waals surface area contributed by atoms with Gasteiger partial charge in [-0.15, -0.1) is 0 Å². The SMILES string of the molecule is CC(=O)OCC1O[C@@H](C[C@@]23CCC4C(=CCC5[C@@]4(C)CCC4C(C)(C)C(=O)CC[C@@]45C)C2CC(C)(C)CC3)C(OC(C)=O)C(OC(C)=O)[C@@H]1OC(C)=O. The number of carbonyl (C=O) groups is 5. The largest absolute Gasteiger partial charge is 0.463 e. The van der Waals surface area contributed by atoms with Crippen molar-refractivity contribution in [3.63, 3.8) is 0 Å². The Morgan fingerprint density at radius 3 is 1.94 bits per heavy atom. The summed E-state index contributed by atoms with van der Waals surface area (Å²) in [6, 6.07) is 0. The summed E-state index contributed by atoms with van der Waals surface area (Å²) in [5, 5.41) is 0. The molecule has 4 saturated carbocycles. The number of ketones is 1. The molecule has 1 saturated heterocycles. The Hall–Kier alpha value is -2.75. The zero-order valence-corrected chi connectivity index (χ0v) is 33.8. The monoisotopic (exact) mass is 740 g/mol. The number of fused-ring (bicyclic) bond motifs is 7. The zero-order chi connectivity index (χ0) is 38.9. The van der Waals surface area contributed by atoms with E-state index in [-0.39, 0.29) is 39.6 Å². The molecular weight excluding hydrogens is 676 g/mol. The topological polar surface area (TPSA) is 132 Å². The first-order chi connectivity index (χ1) is 24.6. The average Bonchev–Trinajstić information content (AvgIpc) is 3.04. The van der Waals surface area contributed by atoms with E-state index < -0.39 is 54.4 Å². The predicted octanol–water partition coefficient (Wildman–Crippen LogP) is 7.48. The van der Waals surface area contributed by atoms with Crippen LogP contribution in [0.15, 0.2) is 11.6 Å². The molecule has 0 aromatic heterocycles. The summed E-state index contributed by atoms with van der Waals surface area (Å²) in [6.45, 7) is 19.1. The Balaban J connectivity index is 1.38. The van der Waals surface area contributed by atoms with E-state index in [0.29, 0.717) is 36.4 Å². The molecule has 12 atom stereocenters. The van der Waals surface area contributed by atoms with Gasteiger partial charge in [0.05, 0.1) is 6.10 Å². The molecule has 10 heteroatoms. The number of hydrogen-bond donors (Lipinski definition) is 0. The molecule has 0 bridgehead atoms. The normalized spacial score (nSPS) is 42.6. The maximum absolute atomic E-state index is 13.2. The van der Waals surface area contributed by atoms with E-state index in [1.165, 1.54) is 27.7 Å². The molecule has 0 aromatic rings. The van der Waals surface area contributed by atoms with Crippen LogP contribution in [-0.2, 0) is 47.7 Å². The average molecular weight is 741 g/mol. The number of allylic oxidation sites excluding steroid dienone is 2. The Morgan fingerprint density at radius 1 is 0.698 bits per heavy atom. The molecular formula is C43H64O10. The Kier molecular flexibility index (Phi) is 10.6. The van der Waals surface area contributed by atoms with Crippen LogP contribution in [0.2, 0.25) is 0 Å². The molecule has 296 valence electrons. The minimum absolute atomic E-state index is 0.112. The second-order valence-corrected chi connectivity index (χ2v) is 19.6. The number of carbonyl (C=O) groups excluding carboxylic acids is 5. The first-order valence-electron chi connectivity index (χ1n) is 20.2. The van der Waals surface area contributed by atoms with Gasteiger partial charge in [-0.3, -0.25) is 24.0 Å². The van der Waals surface area contributed by atoms with Gasteiger partial charge in [0.1, 0.15) is 18.5 Å². The first kappa shape index (κ1) is 39.9. The van der Waals surface area contributed by atoms with E-state index in [2.05, 4.69) is 47.6 Å². The van der Waals surface area contributed by atoms with Crippen molar-refractivity contribution in [3.05, 3.63) is 11.6 Å². The fourth-order valence-electron chi connectivity index (χ4n) is 13.1. The van der Waals surface area contributed by atoms with Crippen molar-refractivity contribution in [2.75, 3.05) is 6.61 Å². The quantitative estimate of drug-likeness (QED) is 0.147. The molecule has 1 heterocycles. The van der Waals surface area contributed by atoms with Gasteiger partial charge in [-0.1, -0.05) is 53.2 Å². The second-order valence-electron chi connectivity index (χ2n) is 19.6. The molecule has 7 unspecified atom stereocenters. The molecule has 0 spiro atoms. The minimum atomic E-state index is -1.15. The Labute approximate surface area is 316 Å². The van der Waals surface area contributed by atoms with Gasteiger partial charge in [-0.25, -0.2) is 0 Å². The van der Waals surface area contributed by atoms with Crippen molar-refractivity contribution in [2.45, 2.75) is 170 Å². The lowest BCUT2D eigenvalue weighted by Crippen LogP contribution is -2.64. The third kappa shape index (κ3) is 7.12. The van der Waals surface area contributed by atoms with Gasteiger partial charge < -0.3 is 23.7 Å². The van der Waals surface area contributed by atoms with Crippen LogP contribution in [0.1, 0.15) is 140 Å². The number of esters is 4. The number of ether oxygens (including phenoxy) is 5. The van der Waals surface area contributed by atoms with Crippen LogP contribution in [0.25, 0.3) is 0 Å². The van der Waals surface area contributed by atoms with Gasteiger partial charge >= 0.3 is 23.9 Å². The Bertz CT molecular complexity index is 1530. The maximum atomic E-state index is 13.2. The fourth-order valence-corrected chi connectivity index (χ4v) is 13.1. The van der Waals surface area contributed by atoms with Gasteiger partial charge in [0.2, 0.25) is 0 Å². The number of hydrogen-bond acceptors (Lipinski definition) is 10. The summed E-state index contributed by atoms with van der Waals surface area (Å²) in [4.78, 5) is 62.8. The lowest BCUT2D eigenvalue weighted by Gasteiger charge is -2.67. The lowest BCUT2D eigenvalue weighted by atomic mass is 9.37. The zero-order valence-electron chi connectivity index (χ0n) is 33.8. The highest BCUT2D eigenvalue weighted by Crippen LogP contribution is 2.72. The van der Waals surface area contributed by atoms with Crippen molar-refractivity contribution in [1.82, 2.24) is 0 Å². The van der Waals surface area contributed by atoms with Crippen molar-refractivity contribution >= 4 is 29.7 Å². The summed E-state index contributed by atoms with van der Waals surface area (Å²) >= 11 is 0. The van der Waals surface area contributed by atoms with E-state index in [4.69, 9.17) is 23.7 Å². The highest BCUT2D eigenvalue weighted by molar-refractivity contribution is 5.85. The van der Waals surface area contributed by atoms with Crippen LogP contribution in [0.3, 0.4) is 0 Å². The van der Waals surface area contributed by atoms with Crippen molar-refractivity contribution in [3.8, 4) is 0 Å². The summed E-state index contributed by atoms with van der Waals surface area (Å²) < 4.78 is 29.6. The van der Waals surface area contributed by atoms with E-state index in [9.17, 15) is 24.0 Å². The van der Waals surface area contributed by atoms with E-state index in [1.54, 1.807) is 5.57 Å². The van der Waals surface area contributed by atoms with E-state index in [1.807, 2.05) is 0 Å². The van der Waals surface area contributed by atoms with Gasteiger partial charge in [0.25, 0.3) is 0 Å². The second kappa shape index (κ2) is 14.1. The maximum Gasteiger partial charge on any atom is 0.303 e. The number of Topliss-reactive ketones (excluding diaryl/α,β-unsaturated/α-hetero) is 1. The Morgan fingerprint density at radius 2 is 1.32 bits per heavy atom. The third-order valence-electron chi connectivity index (χ3n) is 15.5. The van der Waals surface area contributed by atoms with Crippen molar-refractivity contribution in [2.24, 2.45) is 50.7 Å². The first-order valence-corrected chi connectivity index (χ1v) is 20.2. The van der Waals surface area contributed by atoms with Crippen LogP contribution < -0.4 is 0 Å². The van der Waals surface area contributed by atoms with Crippen LogP contribution in [-0.4, -0.2) is 66.8 Å². The smallest absolute Gasteiger partial charge is 0.303 e. The van der Waals surface area contributed by atoms with Crippen LogP contribution in [0.4, 0.5) is 0 Å². The molecule has 5 fully saturated rings. The highest BCUT2D eigenvalue weighted by atomic mass is 16.7. The molecule has 53 heavy (non-hydrogen) atoms. The van der Waals surface area contributed by atoms with Gasteiger partial charge in [-0.2, -0.15) is 0 Å². The molecule has 0 aromatic carbocycles. The van der Waals surface area contributed by atoms with Gasteiger partial charge in [-0.05, 0) is 110 Å². The molecule has 6 rings (SSSR count). The molecule has 10 nitrogen and oxygen atoms in total.